The molecule has 0 aliphatic rings. The Labute approximate surface area is 248 Å². The van der Waals surface area contributed by atoms with Gasteiger partial charge in [0, 0.05) is 37.6 Å². The van der Waals surface area contributed by atoms with Gasteiger partial charge in [-0.25, -0.2) is 0 Å². The first-order chi connectivity index (χ1) is 19.4. The van der Waals surface area contributed by atoms with E-state index in [0.29, 0.717) is 23.8 Å². The topological polar surface area (TPSA) is 108 Å². The van der Waals surface area contributed by atoms with Crippen molar-refractivity contribution in [3.8, 4) is 0 Å². The zero-order valence-electron chi connectivity index (χ0n) is 24.1. The Hall–Kier alpha value is -2.98. The molecular formula is C28H42Cl2N10. The Bertz CT molecular complexity index is 1060. The van der Waals surface area contributed by atoms with Crippen LogP contribution in [0.4, 0.5) is 35.2 Å². The molecule has 0 atom stereocenters. The molecule has 3 aromatic rings. The summed E-state index contributed by atoms with van der Waals surface area (Å²) in [6.07, 6.45) is 8.65. The van der Waals surface area contributed by atoms with Gasteiger partial charge in [0.15, 0.2) is 0 Å². The Morgan fingerprint density at radius 3 is 1.15 bits per heavy atom. The molecule has 2 N–H and O–H groups in total. The van der Waals surface area contributed by atoms with E-state index in [-0.39, 0.29) is 10.6 Å². The van der Waals surface area contributed by atoms with Gasteiger partial charge in [-0.1, -0.05) is 53.4 Å². The summed E-state index contributed by atoms with van der Waals surface area (Å²) in [5.74, 6) is 2.00. The monoisotopic (exact) mass is 588 g/mol. The number of halogens is 2. The molecule has 12 heteroatoms. The van der Waals surface area contributed by atoms with Gasteiger partial charge in [0.2, 0.25) is 34.4 Å². The highest BCUT2D eigenvalue weighted by Crippen LogP contribution is 2.23. The van der Waals surface area contributed by atoms with E-state index in [1.807, 2.05) is 24.3 Å². The minimum Gasteiger partial charge on any atom is -0.341 e. The molecule has 0 saturated heterocycles. The molecular weight excluding hydrogens is 547 g/mol. The lowest BCUT2D eigenvalue weighted by Gasteiger charge is -2.22. The van der Waals surface area contributed by atoms with Crippen molar-refractivity contribution >= 4 is 58.4 Å². The van der Waals surface area contributed by atoms with Gasteiger partial charge in [-0.15, -0.1) is 0 Å². The standard InChI is InChI=1S/C28H42Cl2N10/c1-5-9-17-39(18-10-6-2)27-35-23(29)33-25(37-27)31-21-13-15-22(16-14-21)32-26-34-24(30)36-28(38-26)40(19-11-7-3)20-12-8-4/h13-16H,5-12,17-20H2,1-4H3,(H,31,33,35,37)(H,32,34,36,38). The molecule has 0 aliphatic heterocycles. The van der Waals surface area contributed by atoms with Gasteiger partial charge >= 0.3 is 0 Å². The lowest BCUT2D eigenvalue weighted by atomic mass is 10.3. The first-order valence-corrected chi connectivity index (χ1v) is 15.2. The number of aromatic nitrogens is 6. The number of benzene rings is 1. The molecule has 0 spiro atoms. The predicted octanol–water partition coefficient (Wildman–Crippen LogP) is 7.66. The number of hydrogen-bond donors (Lipinski definition) is 2. The van der Waals surface area contributed by atoms with Crippen molar-refractivity contribution in [3.05, 3.63) is 34.8 Å². The van der Waals surface area contributed by atoms with Crippen LogP contribution in [0.15, 0.2) is 24.3 Å². The lowest BCUT2D eigenvalue weighted by Crippen LogP contribution is -2.28. The van der Waals surface area contributed by atoms with Crippen molar-refractivity contribution in [1.29, 1.82) is 0 Å². The van der Waals surface area contributed by atoms with E-state index < -0.39 is 0 Å². The van der Waals surface area contributed by atoms with Crippen LogP contribution in [-0.2, 0) is 0 Å². The fourth-order valence-electron chi connectivity index (χ4n) is 3.99. The highest BCUT2D eigenvalue weighted by molar-refractivity contribution is 6.28. The number of nitrogens with one attached hydrogen (secondary N) is 2. The van der Waals surface area contributed by atoms with E-state index in [4.69, 9.17) is 23.2 Å². The van der Waals surface area contributed by atoms with Crippen molar-refractivity contribution < 1.29 is 0 Å². The van der Waals surface area contributed by atoms with Crippen LogP contribution in [0.5, 0.6) is 0 Å². The molecule has 10 nitrogen and oxygen atoms in total. The largest absolute Gasteiger partial charge is 0.341 e. The Morgan fingerprint density at radius 2 is 0.850 bits per heavy atom. The Kier molecular flexibility index (Phi) is 13.4. The molecule has 2 heterocycles. The fraction of sp³-hybridized carbons (Fsp3) is 0.571. The van der Waals surface area contributed by atoms with E-state index in [0.717, 1.165) is 88.9 Å². The summed E-state index contributed by atoms with van der Waals surface area (Å²) in [5, 5.41) is 6.82. The molecule has 0 radical (unpaired) electrons. The van der Waals surface area contributed by atoms with E-state index in [1.165, 1.54) is 0 Å². The zero-order chi connectivity index (χ0) is 28.7. The fourth-order valence-corrected chi connectivity index (χ4v) is 4.30. The normalized spacial score (nSPS) is 10.9. The second kappa shape index (κ2) is 17.0. The molecule has 1 aromatic carbocycles. The van der Waals surface area contributed by atoms with Crippen molar-refractivity contribution in [3.63, 3.8) is 0 Å². The first-order valence-electron chi connectivity index (χ1n) is 14.4. The summed E-state index contributed by atoms with van der Waals surface area (Å²) in [4.78, 5) is 31.0. The second-order valence-electron chi connectivity index (χ2n) is 9.67. The van der Waals surface area contributed by atoms with Gasteiger partial charge < -0.3 is 20.4 Å². The van der Waals surface area contributed by atoms with Crippen LogP contribution in [0.25, 0.3) is 0 Å². The lowest BCUT2D eigenvalue weighted by molar-refractivity contribution is 0.661. The van der Waals surface area contributed by atoms with Crippen molar-refractivity contribution in [2.45, 2.75) is 79.1 Å². The molecule has 0 saturated carbocycles. The van der Waals surface area contributed by atoms with Crippen LogP contribution in [0, 0.1) is 0 Å². The van der Waals surface area contributed by atoms with Gasteiger partial charge in [-0.05, 0) is 73.2 Å². The van der Waals surface area contributed by atoms with Crippen LogP contribution < -0.4 is 20.4 Å². The highest BCUT2D eigenvalue weighted by atomic mass is 35.5. The summed E-state index contributed by atoms with van der Waals surface area (Å²) in [7, 11) is 0. The number of anilines is 6. The number of rotatable bonds is 18. The van der Waals surface area contributed by atoms with E-state index in [1.54, 1.807) is 0 Å². The van der Waals surface area contributed by atoms with Gasteiger partial charge in [0.25, 0.3) is 0 Å². The maximum atomic E-state index is 6.28. The van der Waals surface area contributed by atoms with Crippen molar-refractivity contribution in [2.75, 3.05) is 46.6 Å². The third-order valence-corrected chi connectivity index (χ3v) is 6.62. The maximum Gasteiger partial charge on any atom is 0.233 e. The first kappa shape index (κ1) is 31.5. The quantitative estimate of drug-likeness (QED) is 0.153. The predicted molar refractivity (Wildman–Crippen MR) is 167 cm³/mol. The van der Waals surface area contributed by atoms with Crippen LogP contribution in [0.1, 0.15) is 79.1 Å². The zero-order valence-corrected chi connectivity index (χ0v) is 25.6. The van der Waals surface area contributed by atoms with Crippen LogP contribution in [0.2, 0.25) is 10.6 Å². The summed E-state index contributed by atoms with van der Waals surface area (Å²) < 4.78 is 0. The summed E-state index contributed by atoms with van der Waals surface area (Å²) in [6.45, 7) is 12.2. The summed E-state index contributed by atoms with van der Waals surface area (Å²) in [6, 6.07) is 7.68. The minimum absolute atomic E-state index is 0.165. The maximum absolute atomic E-state index is 6.28. The van der Waals surface area contributed by atoms with Gasteiger partial charge in [-0.2, -0.15) is 29.9 Å². The molecule has 0 bridgehead atoms. The number of nitrogens with zero attached hydrogens (tertiary/aromatic N) is 8. The SMILES string of the molecule is CCCCN(CCCC)c1nc(Cl)nc(Nc2ccc(Nc3nc(Cl)nc(N(CCCC)CCCC)n3)cc2)n1. The third-order valence-electron chi connectivity index (χ3n) is 6.28. The van der Waals surface area contributed by atoms with E-state index >= 15 is 0 Å². The molecule has 218 valence electrons. The van der Waals surface area contributed by atoms with Crippen LogP contribution in [-0.4, -0.2) is 56.1 Å². The van der Waals surface area contributed by atoms with Gasteiger partial charge in [-0.3, -0.25) is 0 Å². The Balaban J connectivity index is 1.72. The second-order valence-corrected chi connectivity index (χ2v) is 10.3. The average Bonchev–Trinajstić information content (AvgIpc) is 2.93. The molecule has 0 unspecified atom stereocenters. The molecule has 40 heavy (non-hydrogen) atoms. The average molecular weight is 590 g/mol. The van der Waals surface area contributed by atoms with Gasteiger partial charge in [0.05, 0.1) is 0 Å². The number of unbranched alkanes of at least 4 members (excludes halogenated alkanes) is 4. The minimum atomic E-state index is 0.165. The van der Waals surface area contributed by atoms with Crippen molar-refractivity contribution in [2.24, 2.45) is 0 Å². The summed E-state index contributed by atoms with van der Waals surface area (Å²) in [5.41, 5.74) is 1.62. The third kappa shape index (κ3) is 10.2. The molecule has 3 rings (SSSR count). The molecule has 0 amide bonds. The molecule has 0 fully saturated rings. The number of hydrogen-bond acceptors (Lipinski definition) is 10. The van der Waals surface area contributed by atoms with E-state index in [9.17, 15) is 0 Å². The van der Waals surface area contributed by atoms with Crippen LogP contribution >= 0.6 is 23.2 Å². The highest BCUT2D eigenvalue weighted by Gasteiger charge is 2.14. The Morgan fingerprint density at radius 1 is 0.525 bits per heavy atom. The molecule has 2 aromatic heterocycles. The van der Waals surface area contributed by atoms with Gasteiger partial charge in [0.1, 0.15) is 0 Å². The van der Waals surface area contributed by atoms with Crippen LogP contribution in [0.3, 0.4) is 0 Å². The van der Waals surface area contributed by atoms with E-state index in [2.05, 4.69) is 78.0 Å². The van der Waals surface area contributed by atoms with Crippen molar-refractivity contribution in [1.82, 2.24) is 29.9 Å². The summed E-state index contributed by atoms with van der Waals surface area (Å²) >= 11 is 12.6. The smallest absolute Gasteiger partial charge is 0.233 e. The molecule has 0 aliphatic carbocycles.